The second-order valence-electron chi connectivity index (χ2n) is 4.66. The van der Waals surface area contributed by atoms with Gasteiger partial charge < -0.3 is 4.90 Å². The van der Waals surface area contributed by atoms with Crippen LogP contribution < -0.4 is 0 Å². The van der Waals surface area contributed by atoms with Crippen molar-refractivity contribution in [1.82, 2.24) is 14.9 Å². The Morgan fingerprint density at radius 2 is 2.05 bits per heavy atom. The van der Waals surface area contributed by atoms with Gasteiger partial charge in [0.25, 0.3) is 5.91 Å². The van der Waals surface area contributed by atoms with Gasteiger partial charge in [-0.3, -0.25) is 9.78 Å². The molecule has 2 heterocycles. The fourth-order valence-electron chi connectivity index (χ4n) is 2.59. The van der Waals surface area contributed by atoms with Crippen molar-refractivity contribution in [2.45, 2.75) is 18.9 Å². The van der Waals surface area contributed by atoms with Crippen LogP contribution in [0.3, 0.4) is 0 Å². The molecule has 1 saturated heterocycles. The van der Waals surface area contributed by atoms with E-state index >= 15 is 0 Å². The van der Waals surface area contributed by atoms with E-state index in [1.807, 2.05) is 23.1 Å². The van der Waals surface area contributed by atoms with E-state index in [0.717, 1.165) is 19.4 Å². The highest BCUT2D eigenvalue weighted by atomic mass is 16.2. The fraction of sp³-hybridized carbons (Fsp3) is 0.267. The molecule has 2 aromatic rings. The first-order chi connectivity index (χ1) is 9.36. The number of hydrogen-bond donors (Lipinski definition) is 0. The van der Waals surface area contributed by atoms with Crippen LogP contribution >= 0.6 is 0 Å². The highest BCUT2D eigenvalue weighted by Crippen LogP contribution is 2.32. The lowest BCUT2D eigenvalue weighted by Gasteiger charge is -2.24. The first kappa shape index (κ1) is 11.8. The Hall–Kier alpha value is -2.23. The molecule has 0 saturated carbocycles. The van der Waals surface area contributed by atoms with E-state index in [2.05, 4.69) is 22.1 Å². The van der Waals surface area contributed by atoms with Gasteiger partial charge >= 0.3 is 0 Å². The van der Waals surface area contributed by atoms with Crippen LogP contribution in [0.15, 0.2) is 48.9 Å². The Balaban J connectivity index is 1.86. The molecule has 1 atom stereocenters. The molecule has 1 fully saturated rings. The molecule has 96 valence electrons. The van der Waals surface area contributed by atoms with E-state index in [1.54, 1.807) is 12.4 Å². The van der Waals surface area contributed by atoms with Crippen molar-refractivity contribution in [3.63, 3.8) is 0 Å². The van der Waals surface area contributed by atoms with Crippen LogP contribution in [0.1, 0.15) is 34.9 Å². The molecule has 1 unspecified atom stereocenters. The molecule has 1 amide bonds. The van der Waals surface area contributed by atoms with Gasteiger partial charge in [-0.2, -0.15) is 0 Å². The van der Waals surface area contributed by atoms with E-state index in [1.165, 1.54) is 11.8 Å². The number of carbonyl (C=O) groups is 1. The van der Waals surface area contributed by atoms with Crippen LogP contribution in [-0.4, -0.2) is 27.3 Å². The third kappa shape index (κ3) is 2.34. The van der Waals surface area contributed by atoms with Gasteiger partial charge in [-0.15, -0.1) is 0 Å². The largest absolute Gasteiger partial charge is 0.330 e. The van der Waals surface area contributed by atoms with Crippen molar-refractivity contribution >= 4 is 5.91 Å². The van der Waals surface area contributed by atoms with E-state index in [9.17, 15) is 4.79 Å². The molecule has 1 aliphatic rings. The van der Waals surface area contributed by atoms with E-state index in [0.29, 0.717) is 5.69 Å². The molecule has 1 aromatic carbocycles. The van der Waals surface area contributed by atoms with Crippen LogP contribution in [-0.2, 0) is 0 Å². The van der Waals surface area contributed by atoms with Crippen LogP contribution in [0.4, 0.5) is 0 Å². The van der Waals surface area contributed by atoms with Gasteiger partial charge in [0.1, 0.15) is 5.69 Å². The van der Waals surface area contributed by atoms with E-state index < -0.39 is 0 Å². The average Bonchev–Trinajstić information content (AvgIpc) is 2.98. The third-order valence-electron chi connectivity index (χ3n) is 3.48. The minimum Gasteiger partial charge on any atom is -0.330 e. The Labute approximate surface area is 112 Å². The standard InChI is InChI=1S/C15H15N3O/c19-15(13-11-16-8-9-17-13)18-10-4-7-14(18)12-5-2-1-3-6-12/h1-3,5-6,8-9,11,14H,4,7,10H2. The summed E-state index contributed by atoms with van der Waals surface area (Å²) < 4.78 is 0. The molecule has 0 N–H and O–H groups in total. The molecule has 0 aliphatic carbocycles. The van der Waals surface area contributed by atoms with Gasteiger partial charge in [-0.1, -0.05) is 30.3 Å². The zero-order valence-corrected chi connectivity index (χ0v) is 10.6. The summed E-state index contributed by atoms with van der Waals surface area (Å²) in [5.74, 6) is -0.0283. The molecule has 4 heteroatoms. The summed E-state index contributed by atoms with van der Waals surface area (Å²) in [5, 5.41) is 0. The molecule has 0 bridgehead atoms. The first-order valence-electron chi connectivity index (χ1n) is 6.48. The highest BCUT2D eigenvalue weighted by Gasteiger charge is 2.30. The summed E-state index contributed by atoms with van der Waals surface area (Å²) in [5.41, 5.74) is 1.61. The molecule has 0 spiro atoms. The zero-order chi connectivity index (χ0) is 13.1. The second-order valence-corrected chi connectivity index (χ2v) is 4.66. The Morgan fingerprint density at radius 1 is 1.21 bits per heavy atom. The topological polar surface area (TPSA) is 46.1 Å². The Morgan fingerprint density at radius 3 is 2.79 bits per heavy atom. The fourth-order valence-corrected chi connectivity index (χ4v) is 2.59. The lowest BCUT2D eigenvalue weighted by atomic mass is 10.0. The predicted molar refractivity (Wildman–Crippen MR) is 71.5 cm³/mol. The normalized spacial score (nSPS) is 18.5. The van der Waals surface area contributed by atoms with Crippen molar-refractivity contribution in [3.05, 3.63) is 60.2 Å². The van der Waals surface area contributed by atoms with Gasteiger partial charge in [-0.05, 0) is 18.4 Å². The number of nitrogens with zero attached hydrogens (tertiary/aromatic N) is 3. The van der Waals surface area contributed by atoms with Gasteiger partial charge in [0.05, 0.1) is 12.2 Å². The van der Waals surface area contributed by atoms with Crippen molar-refractivity contribution < 1.29 is 4.79 Å². The summed E-state index contributed by atoms with van der Waals surface area (Å²) in [7, 11) is 0. The summed E-state index contributed by atoms with van der Waals surface area (Å²) >= 11 is 0. The maximum atomic E-state index is 12.5. The molecule has 1 aromatic heterocycles. The van der Waals surface area contributed by atoms with E-state index in [-0.39, 0.29) is 11.9 Å². The van der Waals surface area contributed by atoms with Crippen LogP contribution in [0.5, 0.6) is 0 Å². The monoisotopic (exact) mass is 253 g/mol. The summed E-state index contributed by atoms with van der Waals surface area (Å²) in [6, 6.07) is 10.3. The molecular formula is C15H15N3O. The molecule has 0 radical (unpaired) electrons. The number of carbonyl (C=O) groups excluding carboxylic acids is 1. The van der Waals surface area contributed by atoms with Gasteiger partial charge in [0, 0.05) is 18.9 Å². The lowest BCUT2D eigenvalue weighted by molar-refractivity contribution is 0.0729. The third-order valence-corrected chi connectivity index (χ3v) is 3.48. The molecular weight excluding hydrogens is 238 g/mol. The summed E-state index contributed by atoms with van der Waals surface area (Å²) in [6.45, 7) is 0.787. The summed E-state index contributed by atoms with van der Waals surface area (Å²) in [6.07, 6.45) is 6.71. The number of aromatic nitrogens is 2. The first-order valence-corrected chi connectivity index (χ1v) is 6.48. The van der Waals surface area contributed by atoms with Gasteiger partial charge in [-0.25, -0.2) is 4.98 Å². The number of rotatable bonds is 2. The molecule has 4 nitrogen and oxygen atoms in total. The van der Waals surface area contributed by atoms with Gasteiger partial charge in [0.2, 0.25) is 0 Å². The maximum absolute atomic E-state index is 12.5. The lowest BCUT2D eigenvalue weighted by Crippen LogP contribution is -2.31. The predicted octanol–water partition coefficient (Wildman–Crippen LogP) is 2.45. The zero-order valence-electron chi connectivity index (χ0n) is 10.6. The van der Waals surface area contributed by atoms with Crippen molar-refractivity contribution in [2.24, 2.45) is 0 Å². The van der Waals surface area contributed by atoms with Crippen LogP contribution in [0.25, 0.3) is 0 Å². The van der Waals surface area contributed by atoms with Crippen LogP contribution in [0.2, 0.25) is 0 Å². The Kier molecular flexibility index (Phi) is 3.23. The number of likely N-dealkylation sites (tertiary alicyclic amines) is 1. The maximum Gasteiger partial charge on any atom is 0.274 e. The second kappa shape index (κ2) is 5.18. The molecule has 3 rings (SSSR count). The quantitative estimate of drug-likeness (QED) is 0.826. The molecule has 19 heavy (non-hydrogen) atoms. The minimum absolute atomic E-state index is 0.0283. The minimum atomic E-state index is -0.0283. The number of amides is 1. The highest BCUT2D eigenvalue weighted by molar-refractivity contribution is 5.92. The smallest absolute Gasteiger partial charge is 0.274 e. The molecule has 1 aliphatic heterocycles. The van der Waals surface area contributed by atoms with Crippen molar-refractivity contribution in [3.8, 4) is 0 Å². The number of benzene rings is 1. The van der Waals surface area contributed by atoms with Crippen molar-refractivity contribution in [2.75, 3.05) is 6.54 Å². The van der Waals surface area contributed by atoms with Gasteiger partial charge in [0.15, 0.2) is 0 Å². The van der Waals surface area contributed by atoms with E-state index in [4.69, 9.17) is 0 Å². The SMILES string of the molecule is O=C(c1cnccn1)N1CCCC1c1ccccc1. The number of hydrogen-bond acceptors (Lipinski definition) is 3. The van der Waals surface area contributed by atoms with Crippen LogP contribution in [0, 0.1) is 0 Å². The van der Waals surface area contributed by atoms with Crippen molar-refractivity contribution in [1.29, 1.82) is 0 Å². The average molecular weight is 253 g/mol. The summed E-state index contributed by atoms with van der Waals surface area (Å²) in [4.78, 5) is 22.4. The Bertz CT molecular complexity index is 556.